The van der Waals surface area contributed by atoms with Gasteiger partial charge in [0.2, 0.25) is 0 Å². The second kappa shape index (κ2) is 4.88. The van der Waals surface area contributed by atoms with E-state index in [-0.39, 0.29) is 10.6 Å². The molecule has 0 bridgehead atoms. The molecule has 0 spiro atoms. The number of aromatic carboxylic acids is 1. The Hall–Kier alpha value is -2.01. The highest BCUT2D eigenvalue weighted by atomic mass is 35.5. The maximum atomic E-state index is 10.9. The summed E-state index contributed by atoms with van der Waals surface area (Å²) in [6.07, 6.45) is 1.65. The average Bonchev–Trinajstić information content (AvgIpc) is 2.80. The van der Waals surface area contributed by atoms with Gasteiger partial charge in [-0.05, 0) is 24.3 Å². The number of halogens is 1. The Morgan fingerprint density at radius 3 is 2.94 bits per heavy atom. The summed E-state index contributed by atoms with van der Waals surface area (Å²) in [4.78, 5) is 10.9. The number of carboxylic acids is 1. The first-order valence-electron chi connectivity index (χ1n) is 4.92. The van der Waals surface area contributed by atoms with Crippen LogP contribution in [0.2, 0.25) is 5.02 Å². The molecule has 0 amide bonds. The van der Waals surface area contributed by atoms with Crippen molar-refractivity contribution in [3.63, 3.8) is 0 Å². The molecule has 1 aromatic heterocycles. The highest BCUT2D eigenvalue weighted by molar-refractivity contribution is 6.33. The van der Waals surface area contributed by atoms with Crippen molar-refractivity contribution >= 4 is 23.3 Å². The van der Waals surface area contributed by atoms with E-state index in [1.165, 1.54) is 6.07 Å². The molecular weight excluding hydrogens is 242 g/mol. The number of anilines is 1. The number of aromatic amines is 1. The molecule has 0 aliphatic rings. The molecule has 0 atom stereocenters. The summed E-state index contributed by atoms with van der Waals surface area (Å²) < 4.78 is 0. The van der Waals surface area contributed by atoms with Crippen LogP contribution in [-0.4, -0.2) is 21.3 Å². The summed E-state index contributed by atoms with van der Waals surface area (Å²) in [5, 5.41) is 18.8. The van der Waals surface area contributed by atoms with Crippen molar-refractivity contribution in [3.05, 3.63) is 46.7 Å². The number of hydrogen-bond donors (Lipinski definition) is 3. The predicted molar refractivity (Wildman–Crippen MR) is 64.3 cm³/mol. The van der Waals surface area contributed by atoms with Gasteiger partial charge in [-0.2, -0.15) is 5.10 Å². The van der Waals surface area contributed by atoms with E-state index in [1.54, 1.807) is 18.3 Å². The highest BCUT2D eigenvalue weighted by Gasteiger charge is 2.09. The Morgan fingerprint density at radius 2 is 2.29 bits per heavy atom. The number of aromatic nitrogens is 2. The van der Waals surface area contributed by atoms with Crippen molar-refractivity contribution in [2.24, 2.45) is 0 Å². The first-order chi connectivity index (χ1) is 8.16. The van der Waals surface area contributed by atoms with E-state index in [9.17, 15) is 4.79 Å². The van der Waals surface area contributed by atoms with Crippen LogP contribution in [0.1, 0.15) is 16.1 Å². The molecule has 0 radical (unpaired) electrons. The Morgan fingerprint density at radius 1 is 1.47 bits per heavy atom. The predicted octanol–water partition coefficient (Wildman–Crippen LogP) is 2.37. The molecule has 0 saturated carbocycles. The Bertz CT molecular complexity index is 526. The minimum atomic E-state index is -1.04. The summed E-state index contributed by atoms with van der Waals surface area (Å²) >= 11 is 5.77. The summed E-state index contributed by atoms with van der Waals surface area (Å²) in [6.45, 7) is 0.542. The number of carboxylic acid groups (broad SMARTS) is 1. The van der Waals surface area contributed by atoms with Gasteiger partial charge in [0, 0.05) is 11.9 Å². The van der Waals surface area contributed by atoms with Crippen LogP contribution in [0, 0.1) is 0 Å². The van der Waals surface area contributed by atoms with Gasteiger partial charge < -0.3 is 10.4 Å². The van der Waals surface area contributed by atoms with E-state index < -0.39 is 5.97 Å². The highest BCUT2D eigenvalue weighted by Crippen LogP contribution is 2.20. The van der Waals surface area contributed by atoms with Gasteiger partial charge >= 0.3 is 5.97 Å². The molecule has 3 N–H and O–H groups in total. The standard InChI is InChI=1S/C11H10ClN3O2/c12-10-2-1-7(5-9(10)11(16)17)13-6-8-3-4-14-15-8/h1-5,13H,6H2,(H,14,15)(H,16,17). The zero-order valence-corrected chi connectivity index (χ0v) is 9.53. The minimum absolute atomic E-state index is 0.0845. The SMILES string of the molecule is O=C(O)c1cc(NCc2ccn[nH]2)ccc1Cl. The molecule has 1 aromatic carbocycles. The first-order valence-corrected chi connectivity index (χ1v) is 5.29. The van der Waals surface area contributed by atoms with Gasteiger partial charge in [-0.1, -0.05) is 11.6 Å². The van der Waals surface area contributed by atoms with Gasteiger partial charge in [-0.25, -0.2) is 4.79 Å². The molecule has 2 aromatic rings. The second-order valence-electron chi connectivity index (χ2n) is 3.44. The Balaban J connectivity index is 2.11. The van der Waals surface area contributed by atoms with E-state index in [0.717, 1.165) is 5.69 Å². The summed E-state index contributed by atoms with van der Waals surface area (Å²) in [7, 11) is 0. The molecule has 0 fully saturated rings. The Labute approximate surface area is 102 Å². The lowest BCUT2D eigenvalue weighted by Crippen LogP contribution is -2.03. The third-order valence-electron chi connectivity index (χ3n) is 2.24. The van der Waals surface area contributed by atoms with Crippen molar-refractivity contribution in [1.29, 1.82) is 0 Å². The quantitative estimate of drug-likeness (QED) is 0.780. The zero-order valence-electron chi connectivity index (χ0n) is 8.77. The number of H-pyrrole nitrogens is 1. The number of nitrogens with one attached hydrogen (secondary N) is 2. The molecule has 88 valence electrons. The largest absolute Gasteiger partial charge is 0.478 e. The van der Waals surface area contributed by atoms with E-state index in [2.05, 4.69) is 15.5 Å². The molecule has 5 nitrogen and oxygen atoms in total. The summed E-state index contributed by atoms with van der Waals surface area (Å²) in [6, 6.07) is 6.62. The second-order valence-corrected chi connectivity index (χ2v) is 3.84. The molecular formula is C11H10ClN3O2. The topological polar surface area (TPSA) is 78.0 Å². The van der Waals surface area contributed by atoms with Gasteiger partial charge in [-0.3, -0.25) is 5.10 Å². The van der Waals surface area contributed by atoms with Crippen LogP contribution in [0.3, 0.4) is 0 Å². The van der Waals surface area contributed by atoms with Gasteiger partial charge in [0.25, 0.3) is 0 Å². The third-order valence-corrected chi connectivity index (χ3v) is 2.57. The summed E-state index contributed by atoms with van der Waals surface area (Å²) in [5.74, 6) is -1.04. The molecule has 2 rings (SSSR count). The fraction of sp³-hybridized carbons (Fsp3) is 0.0909. The van der Waals surface area contributed by atoms with E-state index in [1.807, 2.05) is 6.07 Å². The first kappa shape index (κ1) is 11.5. The van der Waals surface area contributed by atoms with Crippen molar-refractivity contribution in [2.75, 3.05) is 5.32 Å². The van der Waals surface area contributed by atoms with E-state index >= 15 is 0 Å². The van der Waals surface area contributed by atoms with Crippen LogP contribution in [0.15, 0.2) is 30.5 Å². The molecule has 0 unspecified atom stereocenters. The fourth-order valence-corrected chi connectivity index (χ4v) is 1.58. The normalized spacial score (nSPS) is 10.2. The summed E-state index contributed by atoms with van der Waals surface area (Å²) in [5.41, 5.74) is 1.69. The molecule has 0 aliphatic carbocycles. The molecule has 0 aliphatic heterocycles. The van der Waals surface area contributed by atoms with Crippen LogP contribution in [0.25, 0.3) is 0 Å². The molecule has 0 saturated heterocycles. The smallest absolute Gasteiger partial charge is 0.337 e. The number of hydrogen-bond acceptors (Lipinski definition) is 3. The van der Waals surface area contributed by atoms with Crippen LogP contribution < -0.4 is 5.32 Å². The van der Waals surface area contributed by atoms with Crippen LogP contribution in [0.5, 0.6) is 0 Å². The van der Waals surface area contributed by atoms with Crippen molar-refractivity contribution < 1.29 is 9.90 Å². The number of nitrogens with zero attached hydrogens (tertiary/aromatic N) is 1. The average molecular weight is 252 g/mol. The van der Waals surface area contributed by atoms with Gasteiger partial charge in [0.05, 0.1) is 22.8 Å². The molecule has 6 heteroatoms. The van der Waals surface area contributed by atoms with Crippen LogP contribution >= 0.6 is 11.6 Å². The fourth-order valence-electron chi connectivity index (χ4n) is 1.38. The van der Waals surface area contributed by atoms with Gasteiger partial charge in [0.15, 0.2) is 0 Å². The van der Waals surface area contributed by atoms with Crippen molar-refractivity contribution in [1.82, 2.24) is 10.2 Å². The maximum absolute atomic E-state index is 10.9. The molecule has 1 heterocycles. The third kappa shape index (κ3) is 2.76. The molecule has 17 heavy (non-hydrogen) atoms. The lowest BCUT2D eigenvalue weighted by atomic mass is 10.2. The van der Waals surface area contributed by atoms with Gasteiger partial charge in [-0.15, -0.1) is 0 Å². The lowest BCUT2D eigenvalue weighted by molar-refractivity contribution is 0.0697. The van der Waals surface area contributed by atoms with Crippen LogP contribution in [0.4, 0.5) is 5.69 Å². The van der Waals surface area contributed by atoms with E-state index in [0.29, 0.717) is 12.2 Å². The maximum Gasteiger partial charge on any atom is 0.337 e. The minimum Gasteiger partial charge on any atom is -0.478 e. The van der Waals surface area contributed by atoms with Crippen molar-refractivity contribution in [3.8, 4) is 0 Å². The number of carbonyl (C=O) groups is 1. The lowest BCUT2D eigenvalue weighted by Gasteiger charge is -2.06. The zero-order chi connectivity index (χ0) is 12.3. The van der Waals surface area contributed by atoms with Gasteiger partial charge in [0.1, 0.15) is 0 Å². The number of benzene rings is 1. The van der Waals surface area contributed by atoms with Crippen molar-refractivity contribution in [2.45, 2.75) is 6.54 Å². The number of rotatable bonds is 4. The Kier molecular flexibility index (Phi) is 3.30. The van der Waals surface area contributed by atoms with Crippen LogP contribution in [-0.2, 0) is 6.54 Å². The monoisotopic (exact) mass is 251 g/mol. The van der Waals surface area contributed by atoms with E-state index in [4.69, 9.17) is 16.7 Å².